The molecule has 1 aromatic rings. The molecular formula is C16H21BrFNO. The molecule has 1 aliphatic rings. The second-order valence-corrected chi connectivity index (χ2v) is 6.50. The Balaban J connectivity index is 2.15. The number of nitrogens with one attached hydrogen (secondary N) is 1. The third-order valence-corrected chi connectivity index (χ3v) is 4.90. The van der Waals surface area contributed by atoms with Crippen LogP contribution in [-0.4, -0.2) is 18.9 Å². The van der Waals surface area contributed by atoms with Crippen molar-refractivity contribution in [2.45, 2.75) is 39.0 Å². The molecule has 0 saturated carbocycles. The Morgan fingerprint density at radius 1 is 1.50 bits per heavy atom. The molecule has 1 aromatic carbocycles. The lowest BCUT2D eigenvalue weighted by Crippen LogP contribution is -2.46. The molecule has 1 heterocycles. The van der Waals surface area contributed by atoms with Crippen molar-refractivity contribution < 1.29 is 9.18 Å². The number of piperidine rings is 1. The maximum absolute atomic E-state index is 13.1. The van der Waals surface area contributed by atoms with Crippen LogP contribution in [0.4, 0.5) is 4.39 Å². The normalized spacial score (nSPS) is 22.8. The van der Waals surface area contributed by atoms with E-state index in [4.69, 9.17) is 0 Å². The van der Waals surface area contributed by atoms with Crippen molar-refractivity contribution in [1.29, 1.82) is 0 Å². The van der Waals surface area contributed by atoms with Crippen LogP contribution in [0.15, 0.2) is 22.7 Å². The van der Waals surface area contributed by atoms with E-state index in [1.54, 1.807) is 6.07 Å². The van der Waals surface area contributed by atoms with Gasteiger partial charge in [-0.3, -0.25) is 4.79 Å². The van der Waals surface area contributed by atoms with E-state index < -0.39 is 0 Å². The first-order valence-corrected chi connectivity index (χ1v) is 8.05. The van der Waals surface area contributed by atoms with Crippen molar-refractivity contribution in [2.24, 2.45) is 5.41 Å². The zero-order valence-corrected chi connectivity index (χ0v) is 13.4. The maximum Gasteiger partial charge on any atom is 0.144 e. The number of hydrogen-bond donors (Lipinski definition) is 1. The smallest absolute Gasteiger partial charge is 0.144 e. The summed E-state index contributed by atoms with van der Waals surface area (Å²) in [7, 11) is 0. The number of ketones is 1. The number of benzene rings is 1. The molecule has 2 nitrogen and oxygen atoms in total. The van der Waals surface area contributed by atoms with E-state index >= 15 is 0 Å². The van der Waals surface area contributed by atoms with Crippen molar-refractivity contribution >= 4 is 21.7 Å². The molecule has 4 heteroatoms. The summed E-state index contributed by atoms with van der Waals surface area (Å²) in [6, 6.07) is 4.54. The summed E-state index contributed by atoms with van der Waals surface area (Å²) in [4.78, 5) is 12.8. The molecule has 1 N–H and O–H groups in total. The Morgan fingerprint density at radius 3 is 2.90 bits per heavy atom. The molecule has 1 saturated heterocycles. The Morgan fingerprint density at radius 2 is 2.30 bits per heavy atom. The van der Waals surface area contributed by atoms with Crippen LogP contribution in [-0.2, 0) is 11.2 Å². The van der Waals surface area contributed by atoms with Crippen molar-refractivity contribution in [2.75, 3.05) is 13.1 Å². The van der Waals surface area contributed by atoms with Gasteiger partial charge in [0.1, 0.15) is 11.6 Å². The number of Topliss-reactive ketones (excluding diaryl/α,β-unsaturated/α-hetero) is 1. The minimum Gasteiger partial charge on any atom is -0.316 e. The van der Waals surface area contributed by atoms with Gasteiger partial charge in [-0.2, -0.15) is 0 Å². The summed E-state index contributed by atoms with van der Waals surface area (Å²) in [5.74, 6) is -0.00506. The first-order chi connectivity index (χ1) is 9.57. The fourth-order valence-electron chi connectivity index (χ4n) is 3.06. The highest BCUT2D eigenvalue weighted by Crippen LogP contribution is 2.34. The number of rotatable bonds is 5. The number of halogens is 2. The SMILES string of the molecule is CCCC1(C(=O)Cc2ccc(F)cc2Br)CCCNC1. The van der Waals surface area contributed by atoms with Crippen LogP contribution in [0.3, 0.4) is 0 Å². The highest BCUT2D eigenvalue weighted by molar-refractivity contribution is 9.10. The van der Waals surface area contributed by atoms with E-state index in [-0.39, 0.29) is 17.0 Å². The summed E-state index contributed by atoms with van der Waals surface area (Å²) in [5.41, 5.74) is 0.637. The first-order valence-electron chi connectivity index (χ1n) is 7.25. The van der Waals surface area contributed by atoms with Crippen molar-refractivity contribution in [3.63, 3.8) is 0 Å². The third-order valence-electron chi connectivity index (χ3n) is 4.16. The predicted molar refractivity (Wildman–Crippen MR) is 82.3 cm³/mol. The average Bonchev–Trinajstić information content (AvgIpc) is 2.43. The first kappa shape index (κ1) is 15.6. The lowest BCUT2D eigenvalue weighted by molar-refractivity contribution is -0.129. The Bertz CT molecular complexity index is 478. The van der Waals surface area contributed by atoms with Gasteiger partial charge >= 0.3 is 0 Å². The van der Waals surface area contributed by atoms with Gasteiger partial charge < -0.3 is 5.32 Å². The number of hydrogen-bond acceptors (Lipinski definition) is 2. The van der Waals surface area contributed by atoms with Gasteiger partial charge in [-0.05, 0) is 43.5 Å². The standard InChI is InChI=1S/C16H21BrFNO/c1-2-6-16(7-3-8-19-11-16)15(20)9-12-4-5-13(18)10-14(12)17/h4-5,10,19H,2-3,6-9,11H2,1H3. The molecule has 0 radical (unpaired) electrons. The summed E-state index contributed by atoms with van der Waals surface area (Å²) < 4.78 is 13.8. The molecule has 0 bridgehead atoms. The van der Waals surface area contributed by atoms with Gasteiger partial charge in [-0.15, -0.1) is 0 Å². The molecule has 0 spiro atoms. The monoisotopic (exact) mass is 341 g/mol. The molecule has 1 aliphatic heterocycles. The quantitative estimate of drug-likeness (QED) is 0.880. The molecule has 0 aliphatic carbocycles. The summed E-state index contributed by atoms with van der Waals surface area (Å²) in [6.07, 6.45) is 4.33. The van der Waals surface area contributed by atoms with Gasteiger partial charge in [0.05, 0.1) is 0 Å². The number of carbonyl (C=O) groups excluding carboxylic acids is 1. The Labute approximate surface area is 128 Å². The minimum absolute atomic E-state index is 0.235. The fraction of sp³-hybridized carbons (Fsp3) is 0.562. The van der Waals surface area contributed by atoms with Crippen LogP contribution in [0.5, 0.6) is 0 Å². The summed E-state index contributed by atoms with van der Waals surface area (Å²) in [5, 5.41) is 3.36. The van der Waals surface area contributed by atoms with Crippen molar-refractivity contribution in [1.82, 2.24) is 5.32 Å². The van der Waals surface area contributed by atoms with E-state index in [0.717, 1.165) is 44.3 Å². The van der Waals surface area contributed by atoms with Crippen LogP contribution >= 0.6 is 15.9 Å². The lowest BCUT2D eigenvalue weighted by Gasteiger charge is -2.36. The highest BCUT2D eigenvalue weighted by atomic mass is 79.9. The van der Waals surface area contributed by atoms with E-state index in [0.29, 0.717) is 10.9 Å². The molecule has 1 unspecified atom stereocenters. The minimum atomic E-state index is -0.282. The molecule has 1 fully saturated rings. The Hall–Kier alpha value is -0.740. The topological polar surface area (TPSA) is 29.1 Å². The van der Waals surface area contributed by atoms with Crippen LogP contribution in [0.1, 0.15) is 38.2 Å². The van der Waals surface area contributed by atoms with E-state index in [9.17, 15) is 9.18 Å². The van der Waals surface area contributed by atoms with Gasteiger partial charge in [0.15, 0.2) is 0 Å². The second-order valence-electron chi connectivity index (χ2n) is 5.65. The molecule has 0 amide bonds. The second kappa shape index (κ2) is 6.81. The molecule has 110 valence electrons. The molecule has 1 atom stereocenters. The Kier molecular flexibility index (Phi) is 5.33. The molecule has 0 aromatic heterocycles. The lowest BCUT2D eigenvalue weighted by atomic mass is 9.72. The zero-order valence-electron chi connectivity index (χ0n) is 11.8. The number of carbonyl (C=O) groups is 1. The third kappa shape index (κ3) is 3.47. The van der Waals surface area contributed by atoms with Crippen LogP contribution in [0.25, 0.3) is 0 Å². The predicted octanol–water partition coefficient (Wildman–Crippen LogP) is 3.87. The van der Waals surface area contributed by atoms with E-state index in [1.807, 2.05) is 0 Å². The highest BCUT2D eigenvalue weighted by Gasteiger charge is 2.38. The summed E-state index contributed by atoms with van der Waals surface area (Å²) >= 11 is 3.35. The van der Waals surface area contributed by atoms with E-state index in [2.05, 4.69) is 28.2 Å². The molecular weight excluding hydrogens is 321 g/mol. The average molecular weight is 342 g/mol. The molecule has 2 rings (SSSR count). The van der Waals surface area contributed by atoms with Crippen LogP contribution < -0.4 is 5.32 Å². The van der Waals surface area contributed by atoms with Crippen LogP contribution in [0.2, 0.25) is 0 Å². The van der Waals surface area contributed by atoms with Crippen molar-refractivity contribution in [3.8, 4) is 0 Å². The van der Waals surface area contributed by atoms with Gasteiger partial charge in [-0.1, -0.05) is 35.3 Å². The van der Waals surface area contributed by atoms with Gasteiger partial charge in [0, 0.05) is 22.9 Å². The fourth-order valence-corrected chi connectivity index (χ4v) is 3.55. The van der Waals surface area contributed by atoms with E-state index in [1.165, 1.54) is 12.1 Å². The van der Waals surface area contributed by atoms with Crippen molar-refractivity contribution in [3.05, 3.63) is 34.1 Å². The summed E-state index contributed by atoms with van der Waals surface area (Å²) in [6.45, 7) is 3.90. The zero-order chi connectivity index (χ0) is 14.6. The maximum atomic E-state index is 13.1. The molecule has 20 heavy (non-hydrogen) atoms. The largest absolute Gasteiger partial charge is 0.316 e. The van der Waals surface area contributed by atoms with Gasteiger partial charge in [0.25, 0.3) is 0 Å². The van der Waals surface area contributed by atoms with Gasteiger partial charge in [-0.25, -0.2) is 4.39 Å². The van der Waals surface area contributed by atoms with Gasteiger partial charge in [0.2, 0.25) is 0 Å². The van der Waals surface area contributed by atoms with Crippen LogP contribution in [0, 0.1) is 11.2 Å².